The molecule has 0 radical (unpaired) electrons. The molecule has 0 saturated carbocycles. The molecule has 0 atom stereocenters. The van der Waals surface area contributed by atoms with E-state index in [-0.39, 0.29) is 23.7 Å². The fourth-order valence-corrected chi connectivity index (χ4v) is 3.17. The van der Waals surface area contributed by atoms with E-state index in [1.807, 2.05) is 23.1 Å². The van der Waals surface area contributed by atoms with Crippen molar-refractivity contribution in [1.82, 2.24) is 0 Å². The van der Waals surface area contributed by atoms with Crippen molar-refractivity contribution in [3.63, 3.8) is 0 Å². The van der Waals surface area contributed by atoms with Gasteiger partial charge in [-0.1, -0.05) is 31.5 Å². The summed E-state index contributed by atoms with van der Waals surface area (Å²) in [6, 6.07) is 5.78. The van der Waals surface area contributed by atoms with Crippen molar-refractivity contribution in [3.8, 4) is 0 Å². The summed E-state index contributed by atoms with van der Waals surface area (Å²) in [5.74, 6) is 0.169. The number of carbonyl (C=O) groups is 1. The lowest BCUT2D eigenvalue weighted by Crippen LogP contribution is -2.33. The van der Waals surface area contributed by atoms with Gasteiger partial charge in [0.1, 0.15) is 0 Å². The Kier molecular flexibility index (Phi) is 5.87. The number of halogens is 2. The molecular formula is C15H22Cl2N2O. The van der Waals surface area contributed by atoms with Gasteiger partial charge in [0, 0.05) is 34.7 Å². The van der Waals surface area contributed by atoms with Gasteiger partial charge in [-0.3, -0.25) is 4.79 Å². The molecule has 1 aliphatic rings. The lowest BCUT2D eigenvalue weighted by molar-refractivity contribution is -0.118. The second-order valence-corrected chi connectivity index (χ2v) is 6.15. The molecule has 0 aliphatic carbocycles. The molecule has 0 saturated heterocycles. The van der Waals surface area contributed by atoms with Gasteiger partial charge >= 0.3 is 0 Å². The standard InChI is InChI=1S/C15H21ClN2O.ClH/c1-15(2)10-18(13(19)8-3-4-9-17)12-7-5-6-11(16)14(12)15;/h5-7H,3-4,8-10,17H2,1-2H3;1H. The molecule has 5 heteroatoms. The third-order valence-corrected chi connectivity index (χ3v) is 3.97. The third kappa shape index (κ3) is 3.27. The average molecular weight is 317 g/mol. The number of nitrogens with zero attached hydrogens (tertiary/aromatic N) is 1. The van der Waals surface area contributed by atoms with Crippen molar-refractivity contribution in [1.29, 1.82) is 0 Å². The predicted octanol–water partition coefficient (Wildman–Crippen LogP) is 3.52. The molecule has 1 heterocycles. The minimum Gasteiger partial charge on any atom is -0.330 e. The Morgan fingerprint density at radius 3 is 2.75 bits per heavy atom. The van der Waals surface area contributed by atoms with Gasteiger partial charge in [-0.15, -0.1) is 12.4 Å². The highest BCUT2D eigenvalue weighted by Crippen LogP contribution is 2.44. The molecule has 0 fully saturated rings. The van der Waals surface area contributed by atoms with E-state index in [1.165, 1.54) is 0 Å². The first-order valence-corrected chi connectivity index (χ1v) is 7.14. The van der Waals surface area contributed by atoms with E-state index in [4.69, 9.17) is 17.3 Å². The van der Waals surface area contributed by atoms with E-state index >= 15 is 0 Å². The molecule has 2 rings (SSSR count). The number of unbranched alkanes of at least 4 members (excludes halogenated alkanes) is 1. The largest absolute Gasteiger partial charge is 0.330 e. The van der Waals surface area contributed by atoms with Crippen molar-refractivity contribution in [3.05, 3.63) is 28.8 Å². The Labute approximate surface area is 131 Å². The maximum atomic E-state index is 12.3. The summed E-state index contributed by atoms with van der Waals surface area (Å²) in [6.07, 6.45) is 2.30. The number of hydrogen-bond donors (Lipinski definition) is 1. The van der Waals surface area contributed by atoms with Crippen LogP contribution in [0.3, 0.4) is 0 Å². The van der Waals surface area contributed by atoms with Crippen LogP contribution in [0.25, 0.3) is 0 Å². The van der Waals surface area contributed by atoms with Crippen LogP contribution in [0.5, 0.6) is 0 Å². The van der Waals surface area contributed by atoms with Crippen LogP contribution in [0.2, 0.25) is 5.02 Å². The lowest BCUT2D eigenvalue weighted by atomic mass is 9.87. The molecule has 1 aliphatic heterocycles. The van der Waals surface area contributed by atoms with Gasteiger partial charge in [0.2, 0.25) is 5.91 Å². The van der Waals surface area contributed by atoms with E-state index in [2.05, 4.69) is 13.8 Å². The quantitative estimate of drug-likeness (QED) is 0.864. The molecular weight excluding hydrogens is 295 g/mol. The van der Waals surface area contributed by atoms with Crippen LogP contribution in [-0.4, -0.2) is 19.0 Å². The molecule has 0 bridgehead atoms. The summed E-state index contributed by atoms with van der Waals surface area (Å²) in [6.45, 7) is 5.60. The van der Waals surface area contributed by atoms with E-state index in [0.717, 1.165) is 29.1 Å². The molecule has 0 spiro atoms. The number of nitrogens with two attached hydrogens (primary N) is 1. The smallest absolute Gasteiger partial charge is 0.227 e. The maximum Gasteiger partial charge on any atom is 0.227 e. The first kappa shape index (κ1) is 17.3. The molecule has 1 amide bonds. The first-order valence-electron chi connectivity index (χ1n) is 6.77. The second kappa shape index (κ2) is 6.79. The molecule has 112 valence electrons. The number of fused-ring (bicyclic) bond motifs is 1. The number of carbonyl (C=O) groups excluding carboxylic acids is 1. The van der Waals surface area contributed by atoms with E-state index in [1.54, 1.807) is 0 Å². The van der Waals surface area contributed by atoms with Crippen molar-refractivity contribution in [2.75, 3.05) is 18.0 Å². The Morgan fingerprint density at radius 1 is 1.40 bits per heavy atom. The van der Waals surface area contributed by atoms with Crippen LogP contribution in [0.1, 0.15) is 38.7 Å². The van der Waals surface area contributed by atoms with Crippen LogP contribution in [0.4, 0.5) is 5.69 Å². The number of rotatable bonds is 4. The minimum absolute atomic E-state index is 0. The summed E-state index contributed by atoms with van der Waals surface area (Å²) in [5.41, 5.74) is 7.43. The second-order valence-electron chi connectivity index (χ2n) is 5.74. The Bertz CT molecular complexity index is 489. The zero-order valence-corrected chi connectivity index (χ0v) is 13.6. The molecule has 0 unspecified atom stereocenters. The average Bonchev–Trinajstić information content (AvgIpc) is 2.63. The zero-order valence-electron chi connectivity index (χ0n) is 12.0. The minimum atomic E-state index is -0.0861. The Morgan fingerprint density at radius 2 is 2.10 bits per heavy atom. The summed E-state index contributed by atoms with van der Waals surface area (Å²) in [4.78, 5) is 14.2. The van der Waals surface area contributed by atoms with Crippen LogP contribution in [0.15, 0.2) is 18.2 Å². The van der Waals surface area contributed by atoms with Crippen molar-refractivity contribution < 1.29 is 4.79 Å². The van der Waals surface area contributed by atoms with Gasteiger partial charge < -0.3 is 10.6 Å². The Hall–Kier alpha value is -0.770. The number of benzene rings is 1. The molecule has 3 nitrogen and oxygen atoms in total. The normalized spacial score (nSPS) is 15.7. The van der Waals surface area contributed by atoms with Gasteiger partial charge in [-0.25, -0.2) is 0 Å². The summed E-state index contributed by atoms with van der Waals surface area (Å²) >= 11 is 6.30. The van der Waals surface area contributed by atoms with E-state index in [9.17, 15) is 4.79 Å². The van der Waals surface area contributed by atoms with Crippen molar-refractivity contribution >= 4 is 35.6 Å². The maximum absolute atomic E-state index is 12.3. The monoisotopic (exact) mass is 316 g/mol. The third-order valence-electron chi connectivity index (χ3n) is 3.66. The van der Waals surface area contributed by atoms with E-state index < -0.39 is 0 Å². The SMILES string of the molecule is CC1(C)CN(C(=O)CCCCN)c2cccc(Cl)c21.Cl. The number of amides is 1. The highest BCUT2D eigenvalue weighted by atomic mass is 35.5. The fraction of sp³-hybridized carbons (Fsp3) is 0.533. The summed E-state index contributed by atoms with van der Waals surface area (Å²) in [5, 5.41) is 0.750. The van der Waals surface area contributed by atoms with Gasteiger partial charge in [0.25, 0.3) is 0 Å². The van der Waals surface area contributed by atoms with Crippen molar-refractivity contribution in [2.45, 2.75) is 38.5 Å². The zero-order chi connectivity index (χ0) is 14.0. The first-order chi connectivity index (χ1) is 8.97. The highest BCUT2D eigenvalue weighted by Gasteiger charge is 2.39. The van der Waals surface area contributed by atoms with Gasteiger partial charge in [-0.05, 0) is 31.5 Å². The number of hydrogen-bond acceptors (Lipinski definition) is 2. The summed E-state index contributed by atoms with van der Waals surface area (Å²) < 4.78 is 0. The molecule has 20 heavy (non-hydrogen) atoms. The van der Waals surface area contributed by atoms with Crippen LogP contribution >= 0.6 is 24.0 Å². The van der Waals surface area contributed by atoms with Crippen LogP contribution in [-0.2, 0) is 10.2 Å². The van der Waals surface area contributed by atoms with Gasteiger partial charge in [0.05, 0.1) is 0 Å². The van der Waals surface area contributed by atoms with Crippen molar-refractivity contribution in [2.24, 2.45) is 5.73 Å². The number of anilines is 1. The molecule has 1 aromatic carbocycles. The van der Waals surface area contributed by atoms with Gasteiger partial charge in [-0.2, -0.15) is 0 Å². The fourth-order valence-electron chi connectivity index (χ4n) is 2.75. The van der Waals surface area contributed by atoms with Crippen LogP contribution < -0.4 is 10.6 Å². The molecule has 1 aromatic rings. The molecule has 2 N–H and O–H groups in total. The predicted molar refractivity (Wildman–Crippen MR) is 87.0 cm³/mol. The highest BCUT2D eigenvalue weighted by molar-refractivity contribution is 6.32. The molecule has 0 aromatic heterocycles. The lowest BCUT2D eigenvalue weighted by Gasteiger charge is -2.21. The van der Waals surface area contributed by atoms with Gasteiger partial charge in [0.15, 0.2) is 0 Å². The van der Waals surface area contributed by atoms with E-state index in [0.29, 0.717) is 19.5 Å². The Balaban J connectivity index is 0.00000200. The summed E-state index contributed by atoms with van der Waals surface area (Å²) in [7, 11) is 0. The van der Waals surface area contributed by atoms with Crippen LogP contribution in [0, 0.1) is 0 Å². The topological polar surface area (TPSA) is 46.3 Å².